The van der Waals surface area contributed by atoms with Gasteiger partial charge in [0, 0.05) is 48.7 Å². The highest BCUT2D eigenvalue weighted by Gasteiger charge is 2.21. The Morgan fingerprint density at radius 1 is 1.41 bits per heavy atom. The molecule has 0 spiro atoms. The molecule has 5 nitrogen and oxygen atoms in total. The number of nitrogens with one attached hydrogen (secondary N) is 1. The number of ether oxygens (including phenoxy) is 1. The van der Waals surface area contributed by atoms with Crippen LogP contribution in [0.4, 0.5) is 0 Å². The summed E-state index contributed by atoms with van der Waals surface area (Å²) in [6, 6.07) is 5.68. The zero-order valence-corrected chi connectivity index (χ0v) is 12.9. The number of aromatic nitrogens is 2. The third kappa shape index (κ3) is 3.31. The van der Waals surface area contributed by atoms with Gasteiger partial charge in [-0.15, -0.1) is 0 Å². The number of amides is 1. The Hall–Kier alpha value is -1.85. The third-order valence-electron chi connectivity index (χ3n) is 3.91. The number of hydrogen-bond acceptors (Lipinski definition) is 3. The molecule has 1 aromatic heterocycles. The lowest BCUT2D eigenvalue weighted by Gasteiger charge is -2.21. The Labute approximate surface area is 134 Å². The number of rotatable bonds is 4. The fraction of sp³-hybridized carbons (Fsp3) is 0.375. The van der Waals surface area contributed by atoms with Gasteiger partial charge in [0.15, 0.2) is 0 Å². The van der Waals surface area contributed by atoms with Crippen molar-refractivity contribution in [1.82, 2.24) is 14.9 Å². The van der Waals surface area contributed by atoms with Crippen molar-refractivity contribution in [3.63, 3.8) is 0 Å². The summed E-state index contributed by atoms with van der Waals surface area (Å²) in [6.07, 6.45) is 6.85. The van der Waals surface area contributed by atoms with Crippen LogP contribution in [-0.4, -0.2) is 28.7 Å². The molecule has 1 fully saturated rings. The molecule has 116 valence electrons. The predicted octanol–water partition coefficient (Wildman–Crippen LogP) is 2.57. The first-order valence-electron chi connectivity index (χ1n) is 7.37. The predicted molar refractivity (Wildman–Crippen MR) is 84.0 cm³/mol. The molecular weight excluding hydrogens is 302 g/mol. The third-order valence-corrected chi connectivity index (χ3v) is 4.26. The molecule has 1 aromatic carbocycles. The first-order chi connectivity index (χ1) is 10.8. The Morgan fingerprint density at radius 2 is 2.23 bits per heavy atom. The van der Waals surface area contributed by atoms with E-state index >= 15 is 0 Å². The lowest BCUT2D eigenvalue weighted by Crippen LogP contribution is -2.34. The van der Waals surface area contributed by atoms with Gasteiger partial charge in [-0.25, -0.2) is 4.98 Å². The van der Waals surface area contributed by atoms with Crippen molar-refractivity contribution >= 4 is 17.5 Å². The normalized spacial score (nSPS) is 15.7. The van der Waals surface area contributed by atoms with Crippen LogP contribution in [0.15, 0.2) is 36.9 Å². The van der Waals surface area contributed by atoms with E-state index in [1.54, 1.807) is 12.5 Å². The summed E-state index contributed by atoms with van der Waals surface area (Å²) in [7, 11) is 0. The van der Waals surface area contributed by atoms with E-state index in [0.29, 0.717) is 24.8 Å². The second kappa shape index (κ2) is 6.94. The Morgan fingerprint density at radius 3 is 2.95 bits per heavy atom. The summed E-state index contributed by atoms with van der Waals surface area (Å²) in [5, 5.41) is 3.64. The van der Waals surface area contributed by atoms with Crippen LogP contribution in [-0.2, 0) is 16.1 Å². The van der Waals surface area contributed by atoms with Gasteiger partial charge in [0.1, 0.15) is 0 Å². The molecule has 1 aliphatic rings. The molecule has 1 aliphatic heterocycles. The van der Waals surface area contributed by atoms with E-state index in [1.807, 2.05) is 29.0 Å². The van der Waals surface area contributed by atoms with Gasteiger partial charge in [-0.05, 0) is 25.0 Å². The maximum Gasteiger partial charge on any atom is 0.223 e. The van der Waals surface area contributed by atoms with Gasteiger partial charge in [-0.3, -0.25) is 4.79 Å². The van der Waals surface area contributed by atoms with Gasteiger partial charge in [-0.1, -0.05) is 17.7 Å². The zero-order chi connectivity index (χ0) is 15.4. The molecule has 1 saturated heterocycles. The number of imidazole rings is 1. The van der Waals surface area contributed by atoms with Crippen LogP contribution in [0.25, 0.3) is 5.69 Å². The number of hydrogen-bond donors (Lipinski definition) is 1. The van der Waals surface area contributed by atoms with Crippen molar-refractivity contribution in [2.75, 3.05) is 13.2 Å². The average Bonchev–Trinajstić information content (AvgIpc) is 3.08. The van der Waals surface area contributed by atoms with E-state index in [1.165, 1.54) is 0 Å². The van der Waals surface area contributed by atoms with Gasteiger partial charge in [0.05, 0.1) is 12.0 Å². The number of benzene rings is 1. The second-order valence-corrected chi connectivity index (χ2v) is 5.72. The molecule has 1 amide bonds. The lowest BCUT2D eigenvalue weighted by atomic mass is 9.99. The molecule has 2 aromatic rings. The fourth-order valence-electron chi connectivity index (χ4n) is 2.65. The molecule has 0 saturated carbocycles. The number of nitrogens with zero attached hydrogens (tertiary/aromatic N) is 2. The molecule has 1 N–H and O–H groups in total. The topological polar surface area (TPSA) is 56.2 Å². The largest absolute Gasteiger partial charge is 0.381 e. The number of carbonyl (C=O) groups is 1. The maximum atomic E-state index is 12.3. The molecule has 0 unspecified atom stereocenters. The molecule has 0 radical (unpaired) electrons. The molecule has 22 heavy (non-hydrogen) atoms. The first-order valence-corrected chi connectivity index (χ1v) is 7.74. The summed E-state index contributed by atoms with van der Waals surface area (Å²) in [6.45, 7) is 1.72. The highest BCUT2D eigenvalue weighted by atomic mass is 35.5. The van der Waals surface area contributed by atoms with Crippen molar-refractivity contribution in [2.24, 2.45) is 5.92 Å². The second-order valence-electron chi connectivity index (χ2n) is 5.31. The van der Waals surface area contributed by atoms with Crippen molar-refractivity contribution in [2.45, 2.75) is 19.4 Å². The molecule has 0 aliphatic carbocycles. The molecule has 6 heteroatoms. The molecule has 0 atom stereocenters. The van der Waals surface area contributed by atoms with E-state index in [4.69, 9.17) is 16.3 Å². The van der Waals surface area contributed by atoms with E-state index < -0.39 is 0 Å². The summed E-state index contributed by atoms with van der Waals surface area (Å²) in [5.74, 6) is 0.104. The minimum absolute atomic E-state index is 0.0351. The number of carbonyl (C=O) groups excluding carboxylic acids is 1. The van der Waals surface area contributed by atoms with Crippen LogP contribution < -0.4 is 5.32 Å². The number of halogens is 1. The van der Waals surface area contributed by atoms with Gasteiger partial charge in [0.25, 0.3) is 0 Å². The highest BCUT2D eigenvalue weighted by molar-refractivity contribution is 6.31. The summed E-state index contributed by atoms with van der Waals surface area (Å²) < 4.78 is 7.18. The van der Waals surface area contributed by atoms with Crippen LogP contribution >= 0.6 is 11.6 Å². The van der Waals surface area contributed by atoms with Crippen LogP contribution in [0.1, 0.15) is 18.4 Å². The molecule has 0 bridgehead atoms. The van der Waals surface area contributed by atoms with Crippen molar-refractivity contribution in [3.8, 4) is 5.69 Å². The van der Waals surface area contributed by atoms with E-state index in [0.717, 1.165) is 24.1 Å². The quantitative estimate of drug-likeness (QED) is 0.942. The van der Waals surface area contributed by atoms with Crippen LogP contribution in [0.3, 0.4) is 0 Å². The Balaban J connectivity index is 1.73. The van der Waals surface area contributed by atoms with Gasteiger partial charge < -0.3 is 14.6 Å². The maximum absolute atomic E-state index is 12.3. The summed E-state index contributed by atoms with van der Waals surface area (Å²) in [4.78, 5) is 16.3. The highest BCUT2D eigenvalue weighted by Crippen LogP contribution is 2.23. The van der Waals surface area contributed by atoms with E-state index in [-0.39, 0.29) is 11.8 Å². The lowest BCUT2D eigenvalue weighted by molar-refractivity contribution is -0.128. The minimum atomic E-state index is 0.0351. The molecule has 3 rings (SSSR count). The summed E-state index contributed by atoms with van der Waals surface area (Å²) in [5.41, 5.74) is 1.82. The van der Waals surface area contributed by atoms with Gasteiger partial charge >= 0.3 is 0 Å². The minimum Gasteiger partial charge on any atom is -0.381 e. The summed E-state index contributed by atoms with van der Waals surface area (Å²) >= 11 is 6.31. The Bertz CT molecular complexity index is 637. The van der Waals surface area contributed by atoms with Crippen LogP contribution in [0.5, 0.6) is 0 Å². The van der Waals surface area contributed by atoms with Crippen LogP contribution in [0, 0.1) is 5.92 Å². The van der Waals surface area contributed by atoms with Crippen molar-refractivity contribution in [3.05, 3.63) is 47.5 Å². The SMILES string of the molecule is O=C(NCc1c(Cl)cccc1-n1ccnc1)C1CCOCC1. The van der Waals surface area contributed by atoms with E-state index in [9.17, 15) is 4.79 Å². The monoisotopic (exact) mass is 319 g/mol. The van der Waals surface area contributed by atoms with Crippen molar-refractivity contribution in [1.29, 1.82) is 0 Å². The fourth-order valence-corrected chi connectivity index (χ4v) is 2.88. The van der Waals surface area contributed by atoms with Crippen molar-refractivity contribution < 1.29 is 9.53 Å². The molecular formula is C16H18ClN3O2. The van der Waals surface area contributed by atoms with Crippen LogP contribution in [0.2, 0.25) is 5.02 Å². The smallest absolute Gasteiger partial charge is 0.223 e. The first kappa shape index (κ1) is 15.1. The van der Waals surface area contributed by atoms with Gasteiger partial charge in [0.2, 0.25) is 5.91 Å². The van der Waals surface area contributed by atoms with E-state index in [2.05, 4.69) is 10.3 Å². The van der Waals surface area contributed by atoms with Gasteiger partial charge in [-0.2, -0.15) is 0 Å². The zero-order valence-electron chi connectivity index (χ0n) is 12.2. The molecule has 2 heterocycles. The Kier molecular flexibility index (Phi) is 4.75. The average molecular weight is 320 g/mol. The standard InChI is InChI=1S/C16H18ClN3O2/c17-14-2-1-3-15(20-7-6-18-11-20)13(14)10-19-16(21)12-4-8-22-9-5-12/h1-3,6-7,11-12H,4-5,8-10H2,(H,19,21).